The van der Waals surface area contributed by atoms with Gasteiger partial charge in [0, 0.05) is 18.3 Å². The molecule has 0 spiro atoms. The maximum atomic E-state index is 5.55. The van der Waals surface area contributed by atoms with Crippen LogP contribution in [0.4, 0.5) is 5.95 Å². The van der Waals surface area contributed by atoms with Crippen LogP contribution in [-0.4, -0.2) is 46.3 Å². The molecule has 2 aromatic heterocycles. The van der Waals surface area contributed by atoms with Crippen LogP contribution in [0.2, 0.25) is 0 Å². The Kier molecular flexibility index (Phi) is 4.89. The van der Waals surface area contributed by atoms with Crippen LogP contribution in [0, 0.1) is 0 Å². The Bertz CT molecular complexity index is 677. The molecule has 0 amide bonds. The number of aromatic nitrogens is 3. The minimum Gasteiger partial charge on any atom is -0.467 e. The van der Waals surface area contributed by atoms with E-state index in [1.165, 1.54) is 19.3 Å². The number of allylic oxidation sites excluding steroid dienone is 1. The summed E-state index contributed by atoms with van der Waals surface area (Å²) in [5.74, 6) is 1.84. The molecule has 7 heteroatoms. The van der Waals surface area contributed by atoms with Crippen LogP contribution in [0.1, 0.15) is 25.0 Å². The summed E-state index contributed by atoms with van der Waals surface area (Å²) >= 11 is 1.80. The maximum absolute atomic E-state index is 5.55. The van der Waals surface area contributed by atoms with Crippen LogP contribution in [0.3, 0.4) is 0 Å². The van der Waals surface area contributed by atoms with Crippen molar-refractivity contribution in [3.05, 3.63) is 36.3 Å². The molecule has 1 atom stereocenters. The van der Waals surface area contributed by atoms with Gasteiger partial charge in [0.1, 0.15) is 5.76 Å². The third kappa shape index (κ3) is 3.52. The highest BCUT2D eigenvalue weighted by Crippen LogP contribution is 2.31. The quantitative estimate of drug-likeness (QED) is 0.776. The number of hydrogen-bond donors (Lipinski definition) is 0. The molecule has 0 N–H and O–H groups in total. The highest BCUT2D eigenvalue weighted by Gasteiger charge is 2.23. The van der Waals surface area contributed by atoms with Gasteiger partial charge in [0.2, 0.25) is 5.95 Å². The molecule has 2 aliphatic rings. The predicted octanol–water partition coefficient (Wildman–Crippen LogP) is 2.96. The summed E-state index contributed by atoms with van der Waals surface area (Å²) in [4.78, 5) is 2.25. The zero-order valence-electron chi connectivity index (χ0n) is 13.6. The molecule has 0 bridgehead atoms. The number of nitrogens with zero attached hydrogens (tertiary/aromatic N) is 4. The summed E-state index contributed by atoms with van der Waals surface area (Å²) in [6.45, 7) is 3.84. The third-order valence-electron chi connectivity index (χ3n) is 4.35. The van der Waals surface area contributed by atoms with Crippen molar-refractivity contribution >= 4 is 17.7 Å². The largest absolute Gasteiger partial charge is 0.467 e. The first-order chi connectivity index (χ1) is 11.9. The fourth-order valence-corrected chi connectivity index (χ4v) is 4.18. The molecule has 1 fully saturated rings. The minimum absolute atomic E-state index is 0.482. The molecule has 0 saturated carbocycles. The summed E-state index contributed by atoms with van der Waals surface area (Å²) in [6.07, 6.45) is 9.92. The number of morpholine rings is 1. The molecule has 24 heavy (non-hydrogen) atoms. The van der Waals surface area contributed by atoms with Crippen molar-refractivity contribution in [2.45, 2.75) is 36.2 Å². The normalized spacial score (nSPS) is 21.3. The third-order valence-corrected chi connectivity index (χ3v) is 5.56. The Balaban J connectivity index is 1.60. The fraction of sp³-hybridized carbons (Fsp3) is 0.529. The molecule has 0 radical (unpaired) electrons. The van der Waals surface area contributed by atoms with Crippen LogP contribution in [0.25, 0.3) is 0 Å². The van der Waals surface area contributed by atoms with E-state index >= 15 is 0 Å². The van der Waals surface area contributed by atoms with Crippen molar-refractivity contribution in [2.24, 2.45) is 0 Å². The molecule has 6 nitrogen and oxygen atoms in total. The molecule has 1 saturated heterocycles. The van der Waals surface area contributed by atoms with Crippen molar-refractivity contribution < 1.29 is 9.15 Å². The smallest absolute Gasteiger partial charge is 0.228 e. The van der Waals surface area contributed by atoms with E-state index in [4.69, 9.17) is 9.15 Å². The topological polar surface area (TPSA) is 56.3 Å². The van der Waals surface area contributed by atoms with Crippen molar-refractivity contribution in [2.75, 3.05) is 31.2 Å². The minimum atomic E-state index is 0.482. The molecule has 1 aliphatic heterocycles. The highest BCUT2D eigenvalue weighted by molar-refractivity contribution is 7.99. The summed E-state index contributed by atoms with van der Waals surface area (Å²) < 4.78 is 13.2. The molecule has 0 unspecified atom stereocenters. The summed E-state index contributed by atoms with van der Waals surface area (Å²) in [6, 6.07) is 3.92. The first kappa shape index (κ1) is 15.8. The van der Waals surface area contributed by atoms with Gasteiger partial charge < -0.3 is 14.1 Å². The van der Waals surface area contributed by atoms with Gasteiger partial charge in [-0.15, -0.1) is 10.2 Å². The fourth-order valence-electron chi connectivity index (χ4n) is 3.08. The van der Waals surface area contributed by atoms with E-state index < -0.39 is 0 Å². The molecule has 3 heterocycles. The second-order valence-corrected chi connectivity index (χ2v) is 7.27. The van der Waals surface area contributed by atoms with Crippen LogP contribution >= 0.6 is 11.8 Å². The standard InChI is InChI=1S/C17H22N4O2S/c1-2-6-15(7-3-1)24-17-19-18-16(20-8-11-22-12-9-20)21(17)13-14-5-4-10-23-14/h2,4-6,10,15H,1,3,7-9,11-13H2/t15-/m0/s1. The summed E-state index contributed by atoms with van der Waals surface area (Å²) in [5.41, 5.74) is 0. The van der Waals surface area contributed by atoms with E-state index in [1.54, 1.807) is 18.0 Å². The Morgan fingerprint density at radius 1 is 1.25 bits per heavy atom. The molecule has 4 rings (SSSR count). The number of ether oxygens (including phenoxy) is 1. The van der Waals surface area contributed by atoms with Gasteiger partial charge in [-0.1, -0.05) is 23.9 Å². The van der Waals surface area contributed by atoms with Crippen LogP contribution in [0.15, 0.2) is 40.1 Å². The van der Waals surface area contributed by atoms with Gasteiger partial charge in [-0.05, 0) is 31.4 Å². The SMILES string of the molecule is C1=C[C@H](Sc2nnc(N3CCOCC3)n2Cc2ccco2)CCC1. The monoisotopic (exact) mass is 346 g/mol. The van der Waals surface area contributed by atoms with Crippen molar-refractivity contribution in [3.63, 3.8) is 0 Å². The molecule has 1 aliphatic carbocycles. The van der Waals surface area contributed by atoms with E-state index in [2.05, 4.69) is 31.8 Å². The molecule has 0 aromatic carbocycles. The maximum Gasteiger partial charge on any atom is 0.228 e. The van der Waals surface area contributed by atoms with E-state index in [-0.39, 0.29) is 0 Å². The van der Waals surface area contributed by atoms with Crippen LogP contribution in [0.5, 0.6) is 0 Å². The first-order valence-electron chi connectivity index (χ1n) is 8.52. The molecular weight excluding hydrogens is 324 g/mol. The average molecular weight is 346 g/mol. The van der Waals surface area contributed by atoms with Gasteiger partial charge in [0.05, 0.1) is 26.0 Å². The van der Waals surface area contributed by atoms with E-state index in [0.717, 1.165) is 43.2 Å². The summed E-state index contributed by atoms with van der Waals surface area (Å²) in [5, 5.41) is 10.4. The summed E-state index contributed by atoms with van der Waals surface area (Å²) in [7, 11) is 0. The second-order valence-electron chi connectivity index (χ2n) is 6.06. The Morgan fingerprint density at radius 2 is 2.17 bits per heavy atom. The Morgan fingerprint density at radius 3 is 2.92 bits per heavy atom. The zero-order valence-corrected chi connectivity index (χ0v) is 14.5. The van der Waals surface area contributed by atoms with Crippen LogP contribution in [-0.2, 0) is 11.3 Å². The highest BCUT2D eigenvalue weighted by atomic mass is 32.2. The van der Waals surface area contributed by atoms with E-state index in [1.807, 2.05) is 12.1 Å². The average Bonchev–Trinajstić information content (AvgIpc) is 3.28. The van der Waals surface area contributed by atoms with Gasteiger partial charge in [-0.25, -0.2) is 0 Å². The lowest BCUT2D eigenvalue weighted by atomic mass is 10.1. The van der Waals surface area contributed by atoms with E-state index in [0.29, 0.717) is 11.8 Å². The number of anilines is 1. The van der Waals surface area contributed by atoms with Gasteiger partial charge in [0.15, 0.2) is 5.16 Å². The lowest BCUT2D eigenvalue weighted by molar-refractivity contribution is 0.121. The predicted molar refractivity (Wildman–Crippen MR) is 93.5 cm³/mol. The molecule has 2 aromatic rings. The molecular formula is C17H22N4O2S. The van der Waals surface area contributed by atoms with Crippen molar-refractivity contribution in [3.8, 4) is 0 Å². The first-order valence-corrected chi connectivity index (χ1v) is 9.40. The lowest BCUT2D eigenvalue weighted by Crippen LogP contribution is -2.38. The number of rotatable bonds is 5. The second kappa shape index (κ2) is 7.44. The lowest BCUT2D eigenvalue weighted by Gasteiger charge is -2.28. The number of thioether (sulfide) groups is 1. The number of hydrogen-bond acceptors (Lipinski definition) is 6. The zero-order chi connectivity index (χ0) is 16.2. The van der Waals surface area contributed by atoms with Crippen molar-refractivity contribution in [1.82, 2.24) is 14.8 Å². The van der Waals surface area contributed by atoms with Gasteiger partial charge in [-0.3, -0.25) is 4.57 Å². The van der Waals surface area contributed by atoms with Gasteiger partial charge in [-0.2, -0.15) is 0 Å². The van der Waals surface area contributed by atoms with Gasteiger partial charge in [0.25, 0.3) is 0 Å². The molecule has 128 valence electrons. The Hall–Kier alpha value is -1.73. The van der Waals surface area contributed by atoms with E-state index in [9.17, 15) is 0 Å². The van der Waals surface area contributed by atoms with Crippen molar-refractivity contribution in [1.29, 1.82) is 0 Å². The number of furan rings is 1. The van der Waals surface area contributed by atoms with Gasteiger partial charge >= 0.3 is 0 Å². The van der Waals surface area contributed by atoms with Crippen LogP contribution < -0.4 is 4.90 Å². The Labute approximate surface area is 145 Å².